The number of hydrogen-bond donors (Lipinski definition) is 1. The zero-order chi connectivity index (χ0) is 23.5. The van der Waals surface area contributed by atoms with Crippen LogP contribution in [0, 0.1) is 6.92 Å². The van der Waals surface area contributed by atoms with E-state index in [1.807, 2.05) is 13.0 Å². The van der Waals surface area contributed by atoms with E-state index >= 15 is 0 Å². The van der Waals surface area contributed by atoms with Gasteiger partial charge < -0.3 is 23.9 Å². The average molecular weight is 445 g/mol. The maximum Gasteiger partial charge on any atom is 0.255 e. The summed E-state index contributed by atoms with van der Waals surface area (Å²) in [5.41, 5.74) is 2.66. The normalized spacial score (nSPS) is 10.7. The van der Waals surface area contributed by atoms with Gasteiger partial charge in [-0.25, -0.2) is 0 Å². The van der Waals surface area contributed by atoms with E-state index in [1.165, 1.54) is 14.2 Å². The van der Waals surface area contributed by atoms with Crippen LogP contribution in [0.25, 0.3) is 11.0 Å². The van der Waals surface area contributed by atoms with Crippen LogP contribution >= 0.6 is 0 Å². The molecule has 0 saturated heterocycles. The van der Waals surface area contributed by atoms with Crippen LogP contribution in [-0.2, 0) is 0 Å². The van der Waals surface area contributed by atoms with Gasteiger partial charge in [0.15, 0.2) is 17.3 Å². The van der Waals surface area contributed by atoms with Gasteiger partial charge in [0.05, 0.1) is 21.3 Å². The Morgan fingerprint density at radius 2 is 1.61 bits per heavy atom. The molecule has 1 N–H and O–H groups in total. The maximum absolute atomic E-state index is 13.0. The third-order valence-corrected chi connectivity index (χ3v) is 5.38. The third kappa shape index (κ3) is 4.25. The van der Waals surface area contributed by atoms with Crippen molar-refractivity contribution in [1.82, 2.24) is 0 Å². The Balaban J connectivity index is 1.61. The quantitative estimate of drug-likeness (QED) is 0.391. The molecule has 0 aliphatic carbocycles. The minimum absolute atomic E-state index is 0.237. The molecule has 0 aliphatic rings. The Hall–Kier alpha value is -4.26. The molecule has 0 fully saturated rings. The van der Waals surface area contributed by atoms with Gasteiger partial charge in [-0.3, -0.25) is 9.59 Å². The van der Waals surface area contributed by atoms with Crippen molar-refractivity contribution in [2.24, 2.45) is 0 Å². The number of ether oxygens (including phenoxy) is 3. The van der Waals surface area contributed by atoms with Gasteiger partial charge in [-0.2, -0.15) is 0 Å². The van der Waals surface area contributed by atoms with E-state index in [0.29, 0.717) is 39.6 Å². The highest BCUT2D eigenvalue weighted by atomic mass is 16.5. The summed E-state index contributed by atoms with van der Waals surface area (Å²) in [6.45, 7) is 1.83. The second-order valence-corrected chi connectivity index (χ2v) is 7.35. The topological polar surface area (TPSA) is 87.0 Å². The van der Waals surface area contributed by atoms with Crippen molar-refractivity contribution in [3.63, 3.8) is 0 Å². The van der Waals surface area contributed by atoms with Crippen LogP contribution in [0.15, 0.2) is 65.1 Å². The van der Waals surface area contributed by atoms with E-state index < -0.39 is 0 Å². The molecule has 33 heavy (non-hydrogen) atoms. The van der Waals surface area contributed by atoms with E-state index in [0.717, 1.165) is 10.9 Å². The van der Waals surface area contributed by atoms with Crippen molar-refractivity contribution in [2.75, 3.05) is 26.6 Å². The molecular weight excluding hydrogens is 422 g/mol. The standard InChI is InChI=1S/C26H23NO6/c1-15-20-10-9-18(27-26(29)17-8-11-21(31-3)23(13-17)32-4)14-22(20)33-25(15)24(28)16-6-5-7-19(12-16)30-2/h5-14H,1-4H3,(H,27,29). The van der Waals surface area contributed by atoms with Crippen molar-refractivity contribution in [2.45, 2.75) is 6.92 Å². The zero-order valence-corrected chi connectivity index (χ0v) is 18.7. The van der Waals surface area contributed by atoms with E-state index in [4.69, 9.17) is 18.6 Å². The number of ketones is 1. The highest BCUT2D eigenvalue weighted by Crippen LogP contribution is 2.31. The highest BCUT2D eigenvalue weighted by molar-refractivity contribution is 6.11. The fourth-order valence-corrected chi connectivity index (χ4v) is 3.60. The lowest BCUT2D eigenvalue weighted by atomic mass is 10.0. The molecule has 4 rings (SSSR count). The molecule has 168 valence electrons. The van der Waals surface area contributed by atoms with Crippen molar-refractivity contribution >= 4 is 28.3 Å². The second-order valence-electron chi connectivity index (χ2n) is 7.35. The first-order valence-electron chi connectivity index (χ1n) is 10.2. The Kier molecular flexibility index (Phi) is 6.04. The van der Waals surface area contributed by atoms with E-state index in [1.54, 1.807) is 61.7 Å². The molecule has 0 atom stereocenters. The number of aryl methyl sites for hydroxylation is 1. The first-order valence-corrected chi connectivity index (χ1v) is 10.2. The lowest BCUT2D eigenvalue weighted by Gasteiger charge is -2.10. The van der Waals surface area contributed by atoms with Crippen molar-refractivity contribution in [1.29, 1.82) is 0 Å². The van der Waals surface area contributed by atoms with Gasteiger partial charge in [-0.05, 0) is 49.4 Å². The number of nitrogens with one attached hydrogen (secondary N) is 1. The predicted molar refractivity (Wildman–Crippen MR) is 125 cm³/mol. The van der Waals surface area contributed by atoms with Crippen molar-refractivity contribution in [3.05, 3.63) is 83.1 Å². The minimum Gasteiger partial charge on any atom is -0.497 e. The number of benzene rings is 3. The molecule has 0 bridgehead atoms. The van der Waals surface area contributed by atoms with Crippen molar-refractivity contribution in [3.8, 4) is 17.2 Å². The SMILES string of the molecule is COc1cccc(C(=O)c2oc3cc(NC(=O)c4ccc(OC)c(OC)c4)ccc3c2C)c1. The van der Waals surface area contributed by atoms with Gasteiger partial charge in [0.2, 0.25) is 5.78 Å². The fraction of sp³-hybridized carbons (Fsp3) is 0.154. The van der Waals surface area contributed by atoms with Crippen LogP contribution in [-0.4, -0.2) is 33.0 Å². The molecule has 0 unspecified atom stereocenters. The van der Waals surface area contributed by atoms with Crippen LogP contribution in [0.4, 0.5) is 5.69 Å². The number of methoxy groups -OCH3 is 3. The number of carbonyl (C=O) groups is 2. The van der Waals surface area contributed by atoms with Crippen molar-refractivity contribution < 1.29 is 28.2 Å². The highest BCUT2D eigenvalue weighted by Gasteiger charge is 2.20. The molecule has 0 saturated carbocycles. The zero-order valence-electron chi connectivity index (χ0n) is 18.7. The van der Waals surface area contributed by atoms with E-state index in [9.17, 15) is 9.59 Å². The first kappa shape index (κ1) is 22.0. The summed E-state index contributed by atoms with van der Waals surface area (Å²) in [5, 5.41) is 3.64. The summed E-state index contributed by atoms with van der Waals surface area (Å²) >= 11 is 0. The number of hydrogen-bond acceptors (Lipinski definition) is 6. The summed E-state index contributed by atoms with van der Waals surface area (Å²) in [6, 6.07) is 17.1. The molecule has 0 radical (unpaired) electrons. The smallest absolute Gasteiger partial charge is 0.255 e. The number of furan rings is 1. The summed E-state index contributed by atoms with van der Waals surface area (Å²) in [7, 11) is 4.59. The van der Waals surface area contributed by atoms with Gasteiger partial charge in [0.25, 0.3) is 5.91 Å². The molecule has 4 aromatic rings. The summed E-state index contributed by atoms with van der Waals surface area (Å²) in [4.78, 5) is 25.8. The molecule has 7 nitrogen and oxygen atoms in total. The van der Waals surface area contributed by atoms with Crippen LogP contribution < -0.4 is 19.5 Å². The molecule has 1 aromatic heterocycles. The predicted octanol–water partition coefficient (Wildman–Crippen LogP) is 5.25. The molecule has 7 heteroatoms. The molecule has 1 amide bonds. The van der Waals surface area contributed by atoms with E-state index in [2.05, 4.69) is 5.32 Å². The Bertz CT molecular complexity index is 1350. The molecule has 1 heterocycles. The Labute approximate surface area is 190 Å². The van der Waals surface area contributed by atoms with Gasteiger partial charge >= 0.3 is 0 Å². The first-order chi connectivity index (χ1) is 15.9. The lowest BCUT2D eigenvalue weighted by Crippen LogP contribution is -2.12. The number of amides is 1. The van der Waals surface area contributed by atoms with Gasteiger partial charge in [-0.1, -0.05) is 12.1 Å². The largest absolute Gasteiger partial charge is 0.497 e. The Morgan fingerprint density at radius 1 is 0.818 bits per heavy atom. The number of fused-ring (bicyclic) bond motifs is 1. The summed E-state index contributed by atoms with van der Waals surface area (Å²) in [6.07, 6.45) is 0. The van der Waals surface area contributed by atoms with Crippen LogP contribution in [0.1, 0.15) is 32.0 Å². The minimum atomic E-state index is -0.314. The van der Waals surface area contributed by atoms with Gasteiger partial charge in [0, 0.05) is 33.8 Å². The summed E-state index contributed by atoms with van der Waals surface area (Å²) in [5.74, 6) is 1.29. The van der Waals surface area contributed by atoms with Crippen LogP contribution in [0.3, 0.4) is 0 Å². The van der Waals surface area contributed by atoms with Crippen LogP contribution in [0.5, 0.6) is 17.2 Å². The second kappa shape index (κ2) is 9.08. The number of rotatable bonds is 7. The van der Waals surface area contributed by atoms with Gasteiger partial charge in [-0.15, -0.1) is 0 Å². The molecule has 0 aliphatic heterocycles. The molecule has 3 aromatic carbocycles. The number of carbonyl (C=O) groups excluding carboxylic acids is 2. The molecule has 0 spiro atoms. The summed E-state index contributed by atoms with van der Waals surface area (Å²) < 4.78 is 21.6. The fourth-order valence-electron chi connectivity index (χ4n) is 3.60. The van der Waals surface area contributed by atoms with Crippen LogP contribution in [0.2, 0.25) is 0 Å². The number of anilines is 1. The monoisotopic (exact) mass is 445 g/mol. The van der Waals surface area contributed by atoms with E-state index in [-0.39, 0.29) is 17.5 Å². The maximum atomic E-state index is 13.0. The van der Waals surface area contributed by atoms with Gasteiger partial charge in [0.1, 0.15) is 11.3 Å². The average Bonchev–Trinajstić information content (AvgIpc) is 3.18. The Morgan fingerprint density at radius 3 is 2.33 bits per heavy atom. The lowest BCUT2D eigenvalue weighted by molar-refractivity contribution is 0.101. The molecular formula is C26H23NO6. The third-order valence-electron chi connectivity index (χ3n) is 5.38.